The highest BCUT2D eigenvalue weighted by atomic mass is 16.5. The fraction of sp³-hybridized carbons (Fsp3) is 0.400. The van der Waals surface area contributed by atoms with E-state index in [9.17, 15) is 0 Å². The second kappa shape index (κ2) is 9.02. The molecule has 0 unspecified atom stereocenters. The molecule has 0 saturated carbocycles. The molecule has 0 spiro atoms. The summed E-state index contributed by atoms with van der Waals surface area (Å²) >= 11 is 0. The van der Waals surface area contributed by atoms with Gasteiger partial charge in [0.05, 0.1) is 26.8 Å². The lowest BCUT2D eigenvalue weighted by molar-refractivity contribution is 0.327. The monoisotopic (exact) mass is 421 g/mol. The highest BCUT2D eigenvalue weighted by Crippen LogP contribution is 2.44. The van der Waals surface area contributed by atoms with Crippen molar-refractivity contribution < 1.29 is 14.2 Å². The number of methoxy groups -OCH3 is 3. The third-order valence-corrected chi connectivity index (χ3v) is 6.01. The van der Waals surface area contributed by atoms with Crippen molar-refractivity contribution in [1.29, 1.82) is 0 Å². The number of hydrogen-bond donors (Lipinski definition) is 1. The molecule has 0 fully saturated rings. The lowest BCUT2D eigenvalue weighted by Crippen LogP contribution is -2.26. The third kappa shape index (κ3) is 4.00. The number of nitrogens with zero attached hydrogens (tertiary/aromatic N) is 2. The summed E-state index contributed by atoms with van der Waals surface area (Å²) in [5, 5.41) is 4.69. The molecule has 0 bridgehead atoms. The van der Waals surface area contributed by atoms with Crippen LogP contribution in [0, 0.1) is 0 Å². The zero-order valence-electron chi connectivity index (χ0n) is 19.0. The lowest BCUT2D eigenvalue weighted by Gasteiger charge is -2.27. The van der Waals surface area contributed by atoms with Crippen molar-refractivity contribution in [3.05, 3.63) is 53.1 Å². The Hall–Kier alpha value is -2.99. The Kier molecular flexibility index (Phi) is 6.18. The Morgan fingerprint density at radius 3 is 2.52 bits per heavy atom. The maximum atomic E-state index is 5.71. The standard InChI is InChI=1S/C25H31N3O3/c1-28(2)25-17(15-26-20-12-8-10-16-9-6-7-11-18(16)20)13-19-21(27-25)14-22(29-3)24(31-5)23(19)30-4/h6-7,9,11,13-14,20,26H,8,10,12,15H2,1-5H3/t20-/m0/s1. The van der Waals surface area contributed by atoms with Gasteiger partial charge in [0, 0.05) is 43.7 Å². The number of aromatic nitrogens is 1. The van der Waals surface area contributed by atoms with Gasteiger partial charge in [0.1, 0.15) is 5.82 Å². The van der Waals surface area contributed by atoms with Gasteiger partial charge in [0.15, 0.2) is 11.5 Å². The van der Waals surface area contributed by atoms with Gasteiger partial charge in [-0.3, -0.25) is 0 Å². The molecular weight excluding hydrogens is 390 g/mol. The van der Waals surface area contributed by atoms with Crippen LogP contribution in [-0.4, -0.2) is 40.4 Å². The molecule has 1 aliphatic carbocycles. The van der Waals surface area contributed by atoms with Gasteiger partial charge in [-0.25, -0.2) is 4.98 Å². The molecule has 1 aromatic heterocycles. The molecule has 2 aromatic carbocycles. The van der Waals surface area contributed by atoms with Crippen LogP contribution in [0.15, 0.2) is 36.4 Å². The Balaban J connectivity index is 1.74. The SMILES string of the molecule is COc1cc2nc(N(C)C)c(CN[C@H]3CCCc4ccccc43)cc2c(OC)c1OC. The molecule has 6 nitrogen and oxygen atoms in total. The third-order valence-electron chi connectivity index (χ3n) is 6.01. The molecule has 1 aliphatic rings. The molecule has 0 radical (unpaired) electrons. The topological polar surface area (TPSA) is 55.9 Å². The molecule has 1 heterocycles. The molecule has 1 N–H and O–H groups in total. The fourth-order valence-corrected chi connectivity index (χ4v) is 4.54. The number of aryl methyl sites for hydroxylation is 1. The van der Waals surface area contributed by atoms with Crippen molar-refractivity contribution in [2.24, 2.45) is 0 Å². The highest BCUT2D eigenvalue weighted by Gasteiger charge is 2.22. The van der Waals surface area contributed by atoms with Crippen LogP contribution < -0.4 is 24.4 Å². The van der Waals surface area contributed by atoms with Crippen molar-refractivity contribution in [3.63, 3.8) is 0 Å². The van der Waals surface area contributed by atoms with Crippen LogP contribution in [0.2, 0.25) is 0 Å². The normalized spacial score (nSPS) is 15.5. The zero-order chi connectivity index (χ0) is 22.0. The van der Waals surface area contributed by atoms with Crippen molar-refractivity contribution in [3.8, 4) is 17.2 Å². The van der Waals surface area contributed by atoms with Gasteiger partial charge in [-0.05, 0) is 36.5 Å². The Labute approximate surface area is 184 Å². The van der Waals surface area contributed by atoms with E-state index in [4.69, 9.17) is 19.2 Å². The molecule has 164 valence electrons. The van der Waals surface area contributed by atoms with E-state index in [0.29, 0.717) is 29.8 Å². The number of fused-ring (bicyclic) bond motifs is 2. The largest absolute Gasteiger partial charge is 0.493 e. The lowest BCUT2D eigenvalue weighted by atomic mass is 9.87. The van der Waals surface area contributed by atoms with Crippen molar-refractivity contribution in [2.45, 2.75) is 31.8 Å². The van der Waals surface area contributed by atoms with Crippen molar-refractivity contribution in [2.75, 3.05) is 40.3 Å². The number of benzene rings is 2. The average Bonchev–Trinajstić information content (AvgIpc) is 2.80. The van der Waals surface area contributed by atoms with E-state index in [-0.39, 0.29) is 0 Å². The first-order valence-electron chi connectivity index (χ1n) is 10.7. The maximum absolute atomic E-state index is 5.71. The van der Waals surface area contributed by atoms with Gasteiger partial charge in [-0.2, -0.15) is 0 Å². The summed E-state index contributed by atoms with van der Waals surface area (Å²) in [5.74, 6) is 2.75. The molecular formula is C25H31N3O3. The molecule has 6 heteroatoms. The maximum Gasteiger partial charge on any atom is 0.204 e. The van der Waals surface area contributed by atoms with Crippen LogP contribution in [0.1, 0.15) is 35.6 Å². The summed E-state index contributed by atoms with van der Waals surface area (Å²) in [6.45, 7) is 0.715. The van der Waals surface area contributed by atoms with Gasteiger partial charge in [-0.15, -0.1) is 0 Å². The first-order chi connectivity index (χ1) is 15.1. The highest BCUT2D eigenvalue weighted by molar-refractivity contribution is 5.92. The van der Waals surface area contributed by atoms with E-state index >= 15 is 0 Å². The number of ether oxygens (including phenoxy) is 3. The predicted octanol–water partition coefficient (Wildman–Crippen LogP) is 4.49. The molecule has 0 aliphatic heterocycles. The van der Waals surface area contributed by atoms with Crippen LogP contribution in [0.25, 0.3) is 10.9 Å². The van der Waals surface area contributed by atoms with E-state index in [1.165, 1.54) is 17.5 Å². The first-order valence-corrected chi connectivity index (χ1v) is 10.7. The molecule has 0 saturated heterocycles. The Bertz CT molecular complexity index is 1080. The van der Waals surface area contributed by atoms with Crippen LogP contribution in [0.4, 0.5) is 5.82 Å². The molecule has 3 aromatic rings. The van der Waals surface area contributed by atoms with Crippen molar-refractivity contribution in [1.82, 2.24) is 10.3 Å². The van der Waals surface area contributed by atoms with Crippen LogP contribution in [-0.2, 0) is 13.0 Å². The zero-order valence-corrected chi connectivity index (χ0v) is 19.0. The molecule has 1 atom stereocenters. The minimum absolute atomic E-state index is 0.350. The minimum Gasteiger partial charge on any atom is -0.493 e. The van der Waals surface area contributed by atoms with Gasteiger partial charge in [0.2, 0.25) is 5.75 Å². The second-order valence-electron chi connectivity index (χ2n) is 8.10. The molecule has 31 heavy (non-hydrogen) atoms. The smallest absolute Gasteiger partial charge is 0.204 e. The number of anilines is 1. The number of nitrogens with one attached hydrogen (secondary N) is 1. The van der Waals surface area contributed by atoms with Crippen LogP contribution in [0.3, 0.4) is 0 Å². The Morgan fingerprint density at radius 1 is 1.03 bits per heavy atom. The summed E-state index contributed by atoms with van der Waals surface area (Å²) in [6.07, 6.45) is 3.51. The van der Waals surface area contributed by atoms with Gasteiger partial charge >= 0.3 is 0 Å². The summed E-state index contributed by atoms with van der Waals surface area (Å²) in [4.78, 5) is 7.00. The van der Waals surface area contributed by atoms with Gasteiger partial charge in [-0.1, -0.05) is 24.3 Å². The minimum atomic E-state index is 0.350. The van der Waals surface area contributed by atoms with Crippen LogP contribution in [0.5, 0.6) is 17.2 Å². The Morgan fingerprint density at radius 2 is 1.81 bits per heavy atom. The predicted molar refractivity (Wildman–Crippen MR) is 125 cm³/mol. The van der Waals surface area contributed by atoms with Gasteiger partial charge < -0.3 is 24.4 Å². The van der Waals surface area contributed by atoms with Gasteiger partial charge in [0.25, 0.3) is 0 Å². The van der Waals surface area contributed by atoms with Crippen LogP contribution >= 0.6 is 0 Å². The van der Waals surface area contributed by atoms with Crippen molar-refractivity contribution >= 4 is 16.7 Å². The fourth-order valence-electron chi connectivity index (χ4n) is 4.54. The molecule has 0 amide bonds. The summed E-state index contributed by atoms with van der Waals surface area (Å²) in [6, 6.07) is 13.2. The average molecular weight is 422 g/mol. The number of hydrogen-bond acceptors (Lipinski definition) is 6. The summed E-state index contributed by atoms with van der Waals surface area (Å²) in [7, 11) is 8.93. The first kappa shape index (κ1) is 21.2. The number of pyridine rings is 1. The summed E-state index contributed by atoms with van der Waals surface area (Å²) in [5.41, 5.74) is 4.79. The number of rotatable bonds is 7. The quantitative estimate of drug-likeness (QED) is 0.607. The van der Waals surface area contributed by atoms with E-state index in [1.807, 2.05) is 20.2 Å². The summed E-state index contributed by atoms with van der Waals surface area (Å²) < 4.78 is 16.8. The molecule has 4 rings (SSSR count). The van der Waals surface area contributed by atoms with E-state index in [0.717, 1.165) is 35.1 Å². The van der Waals surface area contributed by atoms with E-state index in [1.54, 1.807) is 21.3 Å². The van der Waals surface area contributed by atoms with E-state index in [2.05, 4.69) is 40.5 Å². The van der Waals surface area contributed by atoms with E-state index < -0.39 is 0 Å². The second-order valence-corrected chi connectivity index (χ2v) is 8.10.